The van der Waals surface area contributed by atoms with Crippen molar-refractivity contribution in [2.24, 2.45) is 0 Å². The highest BCUT2D eigenvalue weighted by molar-refractivity contribution is 7.98. The van der Waals surface area contributed by atoms with E-state index in [1.165, 1.54) is 23.1 Å². The van der Waals surface area contributed by atoms with Crippen molar-refractivity contribution in [2.45, 2.75) is 18.0 Å². The molecule has 1 amide bonds. The minimum atomic E-state index is -0.236. The number of halogens is 2. The van der Waals surface area contributed by atoms with E-state index < -0.39 is 0 Å². The minimum absolute atomic E-state index is 0.236. The molecule has 5 nitrogen and oxygen atoms in total. The Bertz CT molecular complexity index is 1020. The van der Waals surface area contributed by atoms with Gasteiger partial charge in [-0.15, -0.1) is 11.3 Å². The summed E-state index contributed by atoms with van der Waals surface area (Å²) in [6.45, 7) is 1.96. The first-order valence-electron chi connectivity index (χ1n) is 8.42. The van der Waals surface area contributed by atoms with Crippen molar-refractivity contribution in [1.29, 1.82) is 0 Å². The maximum absolute atomic E-state index is 12.8. The molecule has 0 aliphatic carbocycles. The van der Waals surface area contributed by atoms with Crippen LogP contribution < -0.4 is 10.2 Å². The van der Waals surface area contributed by atoms with Gasteiger partial charge >= 0.3 is 0 Å². The summed E-state index contributed by atoms with van der Waals surface area (Å²) < 4.78 is 0. The zero-order valence-electron chi connectivity index (χ0n) is 14.5. The third-order valence-electron chi connectivity index (χ3n) is 4.36. The zero-order valence-corrected chi connectivity index (χ0v) is 17.6. The van der Waals surface area contributed by atoms with Crippen LogP contribution in [0.25, 0.3) is 10.2 Å². The summed E-state index contributed by atoms with van der Waals surface area (Å²) in [5.41, 5.74) is 0.488. The molecule has 2 aromatic heterocycles. The van der Waals surface area contributed by atoms with Crippen LogP contribution in [0.3, 0.4) is 0 Å². The molecule has 1 saturated heterocycles. The molecule has 1 aromatic carbocycles. The Morgan fingerprint density at radius 1 is 1.26 bits per heavy atom. The molecule has 0 radical (unpaired) electrons. The maximum atomic E-state index is 12.8. The Labute approximate surface area is 175 Å². The number of nitrogens with zero attached hydrogens (tertiary/aromatic N) is 3. The van der Waals surface area contributed by atoms with Gasteiger partial charge in [-0.25, -0.2) is 9.97 Å². The lowest BCUT2D eigenvalue weighted by Gasteiger charge is -2.17. The summed E-state index contributed by atoms with van der Waals surface area (Å²) in [5.74, 6) is 0.679. The smallest absolute Gasteiger partial charge is 0.265 e. The van der Waals surface area contributed by atoms with Crippen LogP contribution in [0.2, 0.25) is 10.0 Å². The van der Waals surface area contributed by atoms with E-state index in [-0.39, 0.29) is 5.91 Å². The molecule has 1 N–H and O–H groups in total. The fraction of sp³-hybridized carbons (Fsp3) is 0.278. The fourth-order valence-corrected chi connectivity index (χ4v) is 4.73. The molecule has 0 saturated carbocycles. The lowest BCUT2D eigenvalue weighted by Crippen LogP contribution is -2.19. The fourth-order valence-electron chi connectivity index (χ4n) is 3.04. The third-order valence-corrected chi connectivity index (χ3v) is 6.76. The van der Waals surface area contributed by atoms with E-state index in [2.05, 4.69) is 15.2 Å². The molecule has 9 heteroatoms. The first-order valence-corrected chi connectivity index (χ1v) is 11.2. The van der Waals surface area contributed by atoms with Crippen LogP contribution in [-0.2, 0) is 0 Å². The number of benzene rings is 1. The van der Waals surface area contributed by atoms with Gasteiger partial charge in [0.1, 0.15) is 10.6 Å². The van der Waals surface area contributed by atoms with E-state index in [1.54, 1.807) is 18.2 Å². The van der Waals surface area contributed by atoms with E-state index in [1.807, 2.05) is 12.3 Å². The number of carbonyl (C=O) groups is 1. The number of aromatic nitrogens is 2. The Morgan fingerprint density at radius 2 is 2.04 bits per heavy atom. The number of fused-ring (bicyclic) bond motifs is 1. The monoisotopic (exact) mass is 438 g/mol. The van der Waals surface area contributed by atoms with Gasteiger partial charge in [-0.05, 0) is 37.3 Å². The third kappa shape index (κ3) is 3.74. The van der Waals surface area contributed by atoms with Gasteiger partial charge in [-0.3, -0.25) is 4.79 Å². The minimum Gasteiger partial charge on any atom is -0.356 e. The summed E-state index contributed by atoms with van der Waals surface area (Å²) >= 11 is 15.1. The molecule has 0 bridgehead atoms. The quantitative estimate of drug-likeness (QED) is 0.425. The summed E-state index contributed by atoms with van der Waals surface area (Å²) in [6.07, 6.45) is 4.27. The summed E-state index contributed by atoms with van der Waals surface area (Å²) in [4.78, 5) is 25.7. The Kier molecular flexibility index (Phi) is 5.45. The van der Waals surface area contributed by atoms with Crippen molar-refractivity contribution in [2.75, 3.05) is 29.6 Å². The Hall–Kier alpha value is -1.54. The molecule has 4 rings (SSSR count). The summed E-state index contributed by atoms with van der Waals surface area (Å²) in [6, 6.07) is 7.02. The summed E-state index contributed by atoms with van der Waals surface area (Å²) in [7, 11) is 0. The van der Waals surface area contributed by atoms with Crippen LogP contribution in [0.15, 0.2) is 29.4 Å². The average molecular weight is 439 g/mol. The maximum Gasteiger partial charge on any atom is 0.265 e. The van der Waals surface area contributed by atoms with Crippen LogP contribution in [0.5, 0.6) is 0 Å². The molecule has 1 aliphatic rings. The average Bonchev–Trinajstić information content (AvgIpc) is 3.34. The number of hydrogen-bond acceptors (Lipinski definition) is 6. The number of rotatable bonds is 4. The van der Waals surface area contributed by atoms with E-state index in [9.17, 15) is 4.79 Å². The van der Waals surface area contributed by atoms with Crippen LogP contribution in [0.1, 0.15) is 22.5 Å². The number of carbonyl (C=O) groups excluding carboxylic acids is 1. The van der Waals surface area contributed by atoms with Gasteiger partial charge < -0.3 is 10.2 Å². The lowest BCUT2D eigenvalue weighted by molar-refractivity contribution is 0.103. The molecule has 3 heterocycles. The van der Waals surface area contributed by atoms with Gasteiger partial charge in [0.05, 0.1) is 26.0 Å². The van der Waals surface area contributed by atoms with Crippen LogP contribution in [-0.4, -0.2) is 35.2 Å². The molecular weight excluding hydrogens is 423 g/mol. The van der Waals surface area contributed by atoms with Crippen LogP contribution in [0.4, 0.5) is 11.5 Å². The van der Waals surface area contributed by atoms with Crippen molar-refractivity contribution < 1.29 is 4.79 Å². The molecule has 1 aliphatic heterocycles. The van der Waals surface area contributed by atoms with E-state index in [4.69, 9.17) is 28.2 Å². The van der Waals surface area contributed by atoms with Crippen LogP contribution in [0, 0.1) is 0 Å². The molecule has 3 aromatic rings. The largest absolute Gasteiger partial charge is 0.356 e. The SMILES string of the molecule is CSc1nc(N2CCCC2)c2cc(C(=O)Nc3cccc(Cl)c3Cl)sc2n1. The van der Waals surface area contributed by atoms with Gasteiger partial charge in [0.2, 0.25) is 0 Å². The summed E-state index contributed by atoms with van der Waals surface area (Å²) in [5, 5.41) is 5.20. The number of anilines is 2. The predicted molar refractivity (Wildman–Crippen MR) is 115 cm³/mol. The highest BCUT2D eigenvalue weighted by atomic mass is 35.5. The predicted octanol–water partition coefficient (Wildman–Crippen LogP) is 5.57. The normalized spacial score (nSPS) is 14.1. The first-order chi connectivity index (χ1) is 13.1. The van der Waals surface area contributed by atoms with Gasteiger partial charge in [-0.1, -0.05) is 41.0 Å². The standard InChI is InChI=1S/C18H16Cl2N4OS2/c1-26-18-22-15(24-7-2-3-8-24)10-9-13(27-17(10)23-18)16(25)21-12-6-4-5-11(19)14(12)20/h4-6,9H,2-3,7-8H2,1H3,(H,21,25). The molecule has 1 fully saturated rings. The number of thiophene rings is 1. The number of hydrogen-bond donors (Lipinski definition) is 1. The Balaban J connectivity index is 1.71. The number of amides is 1. The molecule has 140 valence electrons. The first kappa shape index (κ1) is 18.8. The zero-order chi connectivity index (χ0) is 19.0. The lowest BCUT2D eigenvalue weighted by atomic mass is 10.3. The van der Waals surface area contributed by atoms with Crippen molar-refractivity contribution in [3.05, 3.63) is 39.2 Å². The van der Waals surface area contributed by atoms with E-state index in [0.717, 1.165) is 47.1 Å². The van der Waals surface area contributed by atoms with Crippen molar-refractivity contribution in [3.63, 3.8) is 0 Å². The van der Waals surface area contributed by atoms with Gasteiger partial charge in [-0.2, -0.15) is 0 Å². The molecule has 0 spiro atoms. The Morgan fingerprint density at radius 3 is 2.78 bits per heavy atom. The second-order valence-corrected chi connectivity index (χ2v) is 8.70. The van der Waals surface area contributed by atoms with Gasteiger partial charge in [0, 0.05) is 13.1 Å². The molecule has 0 atom stereocenters. The van der Waals surface area contributed by atoms with Crippen molar-refractivity contribution in [3.8, 4) is 0 Å². The molecule has 27 heavy (non-hydrogen) atoms. The molecule has 0 unspecified atom stereocenters. The number of thioether (sulfide) groups is 1. The van der Waals surface area contributed by atoms with Gasteiger partial charge in [0.15, 0.2) is 5.16 Å². The van der Waals surface area contributed by atoms with Crippen LogP contribution >= 0.6 is 46.3 Å². The second kappa shape index (κ2) is 7.83. The highest BCUT2D eigenvalue weighted by Crippen LogP contribution is 2.35. The van der Waals surface area contributed by atoms with E-state index >= 15 is 0 Å². The van der Waals surface area contributed by atoms with E-state index in [0.29, 0.717) is 20.6 Å². The van der Waals surface area contributed by atoms with Crippen molar-refractivity contribution >= 4 is 73.9 Å². The molecular formula is C18H16Cl2N4OS2. The highest BCUT2D eigenvalue weighted by Gasteiger charge is 2.22. The number of nitrogens with one attached hydrogen (secondary N) is 1. The second-order valence-electron chi connectivity index (χ2n) is 6.11. The van der Waals surface area contributed by atoms with Gasteiger partial charge in [0.25, 0.3) is 5.91 Å². The van der Waals surface area contributed by atoms with Crippen molar-refractivity contribution in [1.82, 2.24) is 9.97 Å². The topological polar surface area (TPSA) is 58.1 Å².